The van der Waals surface area contributed by atoms with Crippen LogP contribution in [0, 0.1) is 5.92 Å². The van der Waals surface area contributed by atoms with Gasteiger partial charge >= 0.3 is 5.97 Å². The molecular formula is C20H24N2O3. The molecule has 0 N–H and O–H groups in total. The number of carbonyl (C=O) groups is 2. The summed E-state index contributed by atoms with van der Waals surface area (Å²) in [7, 11) is 1.75. The van der Waals surface area contributed by atoms with Crippen LogP contribution in [0.1, 0.15) is 32.4 Å². The van der Waals surface area contributed by atoms with Gasteiger partial charge in [0.05, 0.1) is 18.2 Å². The lowest BCUT2D eigenvalue weighted by molar-refractivity contribution is -0.139. The highest BCUT2D eigenvalue weighted by atomic mass is 16.5. The van der Waals surface area contributed by atoms with Crippen LogP contribution in [0.4, 0.5) is 0 Å². The van der Waals surface area contributed by atoms with Gasteiger partial charge in [-0.15, -0.1) is 0 Å². The van der Waals surface area contributed by atoms with Gasteiger partial charge in [-0.3, -0.25) is 4.79 Å². The third-order valence-electron chi connectivity index (χ3n) is 5.06. The Kier molecular flexibility index (Phi) is 4.66. The molecule has 1 aromatic carbocycles. The molecule has 0 aliphatic carbocycles. The monoisotopic (exact) mass is 340 g/mol. The van der Waals surface area contributed by atoms with Gasteiger partial charge in [-0.1, -0.05) is 36.4 Å². The molecule has 2 aliphatic rings. The Labute approximate surface area is 148 Å². The van der Waals surface area contributed by atoms with Crippen molar-refractivity contribution in [2.45, 2.75) is 32.9 Å². The number of esters is 1. The number of allylic oxidation sites excluding steroid dienone is 1. The predicted octanol–water partition coefficient (Wildman–Crippen LogP) is 2.87. The number of nitrogens with zero attached hydrogens (tertiary/aromatic N) is 2. The van der Waals surface area contributed by atoms with Crippen LogP contribution in [0.3, 0.4) is 0 Å². The summed E-state index contributed by atoms with van der Waals surface area (Å²) in [5, 5.41) is 0. The second-order valence-electron chi connectivity index (χ2n) is 6.47. The Morgan fingerprint density at radius 1 is 1.28 bits per heavy atom. The second-order valence-corrected chi connectivity index (χ2v) is 6.47. The minimum Gasteiger partial charge on any atom is -0.463 e. The normalized spacial score (nSPS) is 23.8. The fourth-order valence-electron chi connectivity index (χ4n) is 3.81. The van der Waals surface area contributed by atoms with Crippen LogP contribution in [0.2, 0.25) is 0 Å². The standard InChI is InChI=1S/C20H24N2O3/c1-5-25-20(24)17-14(3)22(13(2)15-9-7-6-8-10-15)18-16(17)11-12-21(4)19(18)23/h6-13,16,18H,5H2,1-4H3. The van der Waals surface area contributed by atoms with E-state index in [0.29, 0.717) is 12.2 Å². The molecule has 0 aromatic heterocycles. The molecule has 0 spiro atoms. The third-order valence-corrected chi connectivity index (χ3v) is 5.06. The number of rotatable bonds is 4. The van der Waals surface area contributed by atoms with Crippen LogP contribution in [0.15, 0.2) is 53.9 Å². The molecule has 3 unspecified atom stereocenters. The highest BCUT2D eigenvalue weighted by molar-refractivity contribution is 5.96. The van der Waals surface area contributed by atoms with Crippen LogP contribution in [-0.2, 0) is 14.3 Å². The first-order valence-electron chi connectivity index (χ1n) is 8.63. The molecule has 2 aliphatic heterocycles. The summed E-state index contributed by atoms with van der Waals surface area (Å²) in [6, 6.07) is 9.59. The van der Waals surface area contributed by atoms with Gasteiger partial charge in [0, 0.05) is 24.9 Å². The van der Waals surface area contributed by atoms with Crippen LogP contribution < -0.4 is 0 Å². The van der Waals surface area contributed by atoms with E-state index in [0.717, 1.165) is 11.3 Å². The van der Waals surface area contributed by atoms with Gasteiger partial charge in [-0.05, 0) is 26.3 Å². The van der Waals surface area contributed by atoms with Crippen LogP contribution >= 0.6 is 0 Å². The first kappa shape index (κ1) is 17.3. The Hall–Kier alpha value is -2.56. The molecule has 5 nitrogen and oxygen atoms in total. The average Bonchev–Trinajstić information content (AvgIpc) is 2.91. The van der Waals surface area contributed by atoms with Gasteiger partial charge in [0.15, 0.2) is 0 Å². The topological polar surface area (TPSA) is 49.9 Å². The summed E-state index contributed by atoms with van der Waals surface area (Å²) in [4.78, 5) is 29.1. The molecule has 1 amide bonds. The van der Waals surface area contributed by atoms with E-state index in [4.69, 9.17) is 4.74 Å². The molecule has 2 heterocycles. The minimum atomic E-state index is -0.412. The van der Waals surface area contributed by atoms with E-state index in [-0.39, 0.29) is 23.8 Å². The van der Waals surface area contributed by atoms with E-state index in [1.54, 1.807) is 25.1 Å². The van der Waals surface area contributed by atoms with E-state index in [1.807, 2.05) is 43.3 Å². The Morgan fingerprint density at radius 3 is 2.60 bits per heavy atom. The van der Waals surface area contributed by atoms with Crippen molar-refractivity contribution < 1.29 is 14.3 Å². The Morgan fingerprint density at radius 2 is 1.96 bits per heavy atom. The largest absolute Gasteiger partial charge is 0.463 e. The number of likely N-dealkylation sites (N-methyl/N-ethyl adjacent to an activating group) is 1. The lowest BCUT2D eigenvalue weighted by atomic mass is 9.90. The van der Waals surface area contributed by atoms with Crippen molar-refractivity contribution in [3.05, 3.63) is 59.4 Å². The summed E-state index contributed by atoms with van der Waals surface area (Å²) < 4.78 is 5.26. The van der Waals surface area contributed by atoms with Crippen molar-refractivity contribution >= 4 is 11.9 Å². The van der Waals surface area contributed by atoms with Gasteiger partial charge in [0.25, 0.3) is 0 Å². The third kappa shape index (κ3) is 2.84. The van der Waals surface area contributed by atoms with Gasteiger partial charge in [-0.2, -0.15) is 0 Å². The van der Waals surface area contributed by atoms with Crippen molar-refractivity contribution in [2.24, 2.45) is 5.92 Å². The molecule has 1 aromatic rings. The van der Waals surface area contributed by atoms with Gasteiger partial charge in [0.2, 0.25) is 5.91 Å². The molecule has 132 valence electrons. The fourth-order valence-corrected chi connectivity index (χ4v) is 3.81. The van der Waals surface area contributed by atoms with E-state index in [9.17, 15) is 9.59 Å². The maximum atomic E-state index is 12.9. The molecule has 0 fully saturated rings. The average molecular weight is 340 g/mol. The van der Waals surface area contributed by atoms with Gasteiger partial charge < -0.3 is 14.5 Å². The van der Waals surface area contributed by atoms with Crippen LogP contribution in [-0.4, -0.2) is 41.4 Å². The van der Waals surface area contributed by atoms with E-state index >= 15 is 0 Å². The molecular weight excluding hydrogens is 316 g/mol. The van der Waals surface area contributed by atoms with E-state index in [1.165, 1.54) is 0 Å². The molecule has 25 heavy (non-hydrogen) atoms. The molecule has 3 rings (SSSR count). The van der Waals surface area contributed by atoms with Crippen LogP contribution in [0.25, 0.3) is 0 Å². The lowest BCUT2D eigenvalue weighted by Crippen LogP contribution is -2.48. The highest BCUT2D eigenvalue weighted by Gasteiger charge is 2.49. The molecule has 5 heteroatoms. The number of carbonyl (C=O) groups excluding carboxylic acids is 2. The molecule has 3 atom stereocenters. The van der Waals surface area contributed by atoms with Crippen molar-refractivity contribution in [1.82, 2.24) is 9.80 Å². The number of hydrogen-bond acceptors (Lipinski definition) is 4. The lowest BCUT2D eigenvalue weighted by Gasteiger charge is -2.38. The molecule has 0 radical (unpaired) electrons. The zero-order valence-corrected chi connectivity index (χ0v) is 15.1. The first-order valence-corrected chi connectivity index (χ1v) is 8.63. The smallest absolute Gasteiger partial charge is 0.336 e. The Bertz CT molecular complexity index is 739. The maximum Gasteiger partial charge on any atom is 0.336 e. The first-order chi connectivity index (χ1) is 12.0. The summed E-state index contributed by atoms with van der Waals surface area (Å²) >= 11 is 0. The summed E-state index contributed by atoms with van der Waals surface area (Å²) in [6.07, 6.45) is 3.67. The van der Waals surface area contributed by atoms with Gasteiger partial charge in [0.1, 0.15) is 6.04 Å². The quantitative estimate of drug-likeness (QED) is 0.791. The minimum absolute atomic E-state index is 0.00562. The van der Waals surface area contributed by atoms with Crippen molar-refractivity contribution in [3.63, 3.8) is 0 Å². The summed E-state index contributed by atoms with van der Waals surface area (Å²) in [5.74, 6) is -0.609. The molecule has 0 saturated carbocycles. The van der Waals surface area contributed by atoms with Crippen molar-refractivity contribution in [3.8, 4) is 0 Å². The maximum absolute atomic E-state index is 12.9. The predicted molar refractivity (Wildman–Crippen MR) is 95.2 cm³/mol. The summed E-state index contributed by atoms with van der Waals surface area (Å²) in [5.41, 5.74) is 2.51. The number of benzene rings is 1. The van der Waals surface area contributed by atoms with Gasteiger partial charge in [-0.25, -0.2) is 4.79 Å². The SMILES string of the molecule is CCOC(=O)C1=C(C)N(C(C)c2ccccc2)C2C(=O)N(C)C=CC12. The second kappa shape index (κ2) is 6.75. The zero-order valence-electron chi connectivity index (χ0n) is 15.1. The number of ether oxygens (including phenoxy) is 1. The zero-order chi connectivity index (χ0) is 18.1. The number of amides is 1. The van der Waals surface area contributed by atoms with Crippen molar-refractivity contribution in [2.75, 3.05) is 13.7 Å². The molecule has 0 bridgehead atoms. The van der Waals surface area contributed by atoms with Crippen LogP contribution in [0.5, 0.6) is 0 Å². The van der Waals surface area contributed by atoms with Crippen molar-refractivity contribution in [1.29, 1.82) is 0 Å². The number of hydrogen-bond donors (Lipinski definition) is 0. The highest BCUT2D eigenvalue weighted by Crippen LogP contribution is 2.43. The number of fused-ring (bicyclic) bond motifs is 1. The molecule has 0 saturated heterocycles. The fraction of sp³-hybridized carbons (Fsp3) is 0.400. The Balaban J connectivity index is 2.07. The van der Waals surface area contributed by atoms with E-state index < -0.39 is 6.04 Å². The van der Waals surface area contributed by atoms with E-state index in [2.05, 4.69) is 11.8 Å². The summed E-state index contributed by atoms with van der Waals surface area (Å²) in [6.45, 7) is 6.08.